The molecule has 0 fully saturated rings. The molecule has 0 saturated heterocycles. The highest BCUT2D eigenvalue weighted by atomic mass is 35.5. The van der Waals surface area contributed by atoms with E-state index in [9.17, 15) is 4.79 Å². The first-order valence-corrected chi connectivity index (χ1v) is 7.01. The number of primary amides is 1. The van der Waals surface area contributed by atoms with Gasteiger partial charge in [-0.3, -0.25) is 4.79 Å². The largest absolute Gasteiger partial charge is 0.493 e. The molecule has 0 unspecified atom stereocenters. The summed E-state index contributed by atoms with van der Waals surface area (Å²) < 4.78 is 10.5. The number of nitrogens with one attached hydrogen (secondary N) is 1. The molecule has 1 atom stereocenters. The standard InChI is InChI=1S/C14H21ClN2O4/c1-3-10(7-18)17-6-9-4-11(15)14(12(5-9)20-2)21-8-13(16)19/h4-5,10,17-18H,3,6-8H2,1-2H3,(H2,16,19)/t10-/m1/s1. The molecule has 21 heavy (non-hydrogen) atoms. The molecular formula is C14H21ClN2O4. The lowest BCUT2D eigenvalue weighted by Gasteiger charge is -2.16. The van der Waals surface area contributed by atoms with Gasteiger partial charge >= 0.3 is 0 Å². The second-order valence-corrected chi connectivity index (χ2v) is 4.94. The Morgan fingerprint density at radius 1 is 1.52 bits per heavy atom. The number of amides is 1. The van der Waals surface area contributed by atoms with Crippen LogP contribution in [0, 0.1) is 0 Å². The summed E-state index contributed by atoms with van der Waals surface area (Å²) in [4.78, 5) is 10.8. The van der Waals surface area contributed by atoms with E-state index in [1.54, 1.807) is 12.1 Å². The van der Waals surface area contributed by atoms with Crippen LogP contribution in [-0.2, 0) is 11.3 Å². The number of benzene rings is 1. The molecule has 0 bridgehead atoms. The van der Waals surface area contributed by atoms with Crippen LogP contribution in [0.25, 0.3) is 0 Å². The Morgan fingerprint density at radius 2 is 2.24 bits per heavy atom. The molecule has 1 rings (SSSR count). The van der Waals surface area contributed by atoms with E-state index in [-0.39, 0.29) is 25.0 Å². The smallest absolute Gasteiger partial charge is 0.255 e. The van der Waals surface area contributed by atoms with Crippen LogP contribution in [0.2, 0.25) is 5.02 Å². The highest BCUT2D eigenvalue weighted by Crippen LogP contribution is 2.36. The quantitative estimate of drug-likeness (QED) is 0.633. The third-order valence-electron chi connectivity index (χ3n) is 2.96. The molecule has 0 radical (unpaired) electrons. The normalized spacial score (nSPS) is 12.0. The predicted molar refractivity (Wildman–Crippen MR) is 80.7 cm³/mol. The highest BCUT2D eigenvalue weighted by molar-refractivity contribution is 6.32. The summed E-state index contributed by atoms with van der Waals surface area (Å²) in [5, 5.41) is 12.7. The Labute approximate surface area is 129 Å². The molecule has 0 aliphatic heterocycles. The van der Waals surface area contributed by atoms with Crippen molar-refractivity contribution in [3.8, 4) is 11.5 Å². The maximum Gasteiger partial charge on any atom is 0.255 e. The summed E-state index contributed by atoms with van der Waals surface area (Å²) in [6.07, 6.45) is 0.821. The first-order valence-electron chi connectivity index (χ1n) is 6.63. The average molecular weight is 317 g/mol. The van der Waals surface area contributed by atoms with Gasteiger partial charge in [0, 0.05) is 12.6 Å². The molecular weight excluding hydrogens is 296 g/mol. The van der Waals surface area contributed by atoms with E-state index >= 15 is 0 Å². The van der Waals surface area contributed by atoms with Crippen molar-refractivity contribution in [3.05, 3.63) is 22.7 Å². The molecule has 7 heteroatoms. The third kappa shape index (κ3) is 5.41. The van der Waals surface area contributed by atoms with E-state index in [0.29, 0.717) is 17.3 Å². The van der Waals surface area contributed by atoms with E-state index in [4.69, 9.17) is 31.9 Å². The maximum atomic E-state index is 10.8. The van der Waals surface area contributed by atoms with Crippen LogP contribution >= 0.6 is 11.6 Å². The topological polar surface area (TPSA) is 93.8 Å². The fourth-order valence-corrected chi connectivity index (χ4v) is 2.05. The van der Waals surface area contributed by atoms with Gasteiger partial charge in [-0.1, -0.05) is 18.5 Å². The van der Waals surface area contributed by atoms with E-state index in [2.05, 4.69) is 5.32 Å². The van der Waals surface area contributed by atoms with Gasteiger partial charge in [0.15, 0.2) is 18.1 Å². The Morgan fingerprint density at radius 3 is 2.76 bits per heavy atom. The monoisotopic (exact) mass is 316 g/mol. The van der Waals surface area contributed by atoms with Crippen molar-refractivity contribution >= 4 is 17.5 Å². The van der Waals surface area contributed by atoms with Gasteiger partial charge < -0.3 is 25.6 Å². The summed E-state index contributed by atoms with van der Waals surface area (Å²) in [6.45, 7) is 2.32. The van der Waals surface area contributed by atoms with Gasteiger partial charge in [-0.05, 0) is 24.1 Å². The number of carbonyl (C=O) groups is 1. The van der Waals surface area contributed by atoms with Crippen LogP contribution < -0.4 is 20.5 Å². The summed E-state index contributed by atoms with van der Waals surface area (Å²) in [7, 11) is 1.49. The molecule has 1 aromatic rings. The average Bonchev–Trinajstić information content (AvgIpc) is 2.46. The predicted octanol–water partition coefficient (Wildman–Crippen LogP) is 1.07. The first kappa shape index (κ1) is 17.6. The molecule has 1 aromatic carbocycles. The molecule has 4 N–H and O–H groups in total. The van der Waals surface area contributed by atoms with Crippen molar-refractivity contribution < 1.29 is 19.4 Å². The van der Waals surface area contributed by atoms with Gasteiger partial charge in [0.25, 0.3) is 5.91 Å². The summed E-state index contributed by atoms with van der Waals surface area (Å²) in [5.41, 5.74) is 5.93. The highest BCUT2D eigenvalue weighted by Gasteiger charge is 2.13. The number of aliphatic hydroxyl groups is 1. The van der Waals surface area contributed by atoms with E-state index in [1.807, 2.05) is 6.92 Å². The number of ether oxygens (including phenoxy) is 2. The summed E-state index contributed by atoms with van der Waals surface area (Å²) in [6, 6.07) is 3.51. The van der Waals surface area contributed by atoms with Crippen LogP contribution in [0.15, 0.2) is 12.1 Å². The Balaban J connectivity index is 2.84. The second-order valence-electron chi connectivity index (χ2n) is 4.53. The molecule has 0 aromatic heterocycles. The van der Waals surface area contributed by atoms with Crippen LogP contribution in [0.5, 0.6) is 11.5 Å². The van der Waals surface area contributed by atoms with Crippen LogP contribution in [0.3, 0.4) is 0 Å². The molecule has 118 valence electrons. The molecule has 0 spiro atoms. The number of rotatable bonds is 9. The Kier molecular flexibility index (Phi) is 7.28. The van der Waals surface area contributed by atoms with Crippen molar-refractivity contribution in [2.75, 3.05) is 20.3 Å². The third-order valence-corrected chi connectivity index (χ3v) is 3.24. The summed E-state index contributed by atoms with van der Waals surface area (Å²) >= 11 is 6.15. The Bertz CT molecular complexity index is 478. The van der Waals surface area contributed by atoms with Crippen molar-refractivity contribution in [3.63, 3.8) is 0 Å². The number of carbonyl (C=O) groups excluding carboxylic acids is 1. The number of methoxy groups -OCH3 is 1. The number of nitrogens with two attached hydrogens (primary N) is 1. The number of hydrogen-bond acceptors (Lipinski definition) is 5. The number of aliphatic hydroxyl groups excluding tert-OH is 1. The minimum atomic E-state index is -0.590. The van der Waals surface area contributed by atoms with E-state index in [0.717, 1.165) is 12.0 Å². The molecule has 0 aliphatic rings. The molecule has 0 saturated carbocycles. The van der Waals surface area contributed by atoms with Crippen molar-refractivity contribution in [1.29, 1.82) is 0 Å². The maximum absolute atomic E-state index is 10.8. The Hall–Kier alpha value is -1.50. The van der Waals surface area contributed by atoms with Gasteiger partial charge in [0.05, 0.1) is 18.7 Å². The lowest BCUT2D eigenvalue weighted by molar-refractivity contribution is -0.119. The molecule has 0 heterocycles. The minimum absolute atomic E-state index is 0.0283. The van der Waals surface area contributed by atoms with E-state index < -0.39 is 5.91 Å². The molecule has 0 aliphatic carbocycles. The number of halogens is 1. The summed E-state index contributed by atoms with van der Waals surface area (Å²) in [5.74, 6) is 0.126. The van der Waals surface area contributed by atoms with Crippen molar-refractivity contribution in [1.82, 2.24) is 5.32 Å². The van der Waals surface area contributed by atoms with E-state index in [1.165, 1.54) is 7.11 Å². The fourth-order valence-electron chi connectivity index (χ4n) is 1.76. The second kappa shape index (κ2) is 8.71. The zero-order valence-electron chi connectivity index (χ0n) is 12.2. The number of hydrogen-bond donors (Lipinski definition) is 3. The first-order chi connectivity index (χ1) is 10.0. The van der Waals surface area contributed by atoms with Gasteiger partial charge in [-0.2, -0.15) is 0 Å². The lowest BCUT2D eigenvalue weighted by Crippen LogP contribution is -2.31. The molecule has 6 nitrogen and oxygen atoms in total. The fraction of sp³-hybridized carbons (Fsp3) is 0.500. The van der Waals surface area contributed by atoms with Gasteiger partial charge in [-0.15, -0.1) is 0 Å². The molecule has 1 amide bonds. The van der Waals surface area contributed by atoms with Crippen molar-refractivity contribution in [2.24, 2.45) is 5.73 Å². The SMILES string of the molecule is CC[C@H](CO)NCc1cc(Cl)c(OCC(N)=O)c(OC)c1. The van der Waals surface area contributed by atoms with Crippen LogP contribution in [0.4, 0.5) is 0 Å². The van der Waals surface area contributed by atoms with Crippen LogP contribution in [0.1, 0.15) is 18.9 Å². The van der Waals surface area contributed by atoms with Crippen molar-refractivity contribution in [2.45, 2.75) is 25.9 Å². The lowest BCUT2D eigenvalue weighted by atomic mass is 10.1. The van der Waals surface area contributed by atoms with Gasteiger partial charge in [-0.25, -0.2) is 0 Å². The zero-order chi connectivity index (χ0) is 15.8. The van der Waals surface area contributed by atoms with Gasteiger partial charge in [0.2, 0.25) is 0 Å². The van der Waals surface area contributed by atoms with Crippen LogP contribution in [-0.4, -0.2) is 37.4 Å². The zero-order valence-corrected chi connectivity index (χ0v) is 12.9. The minimum Gasteiger partial charge on any atom is -0.493 e. The van der Waals surface area contributed by atoms with Gasteiger partial charge in [0.1, 0.15) is 0 Å².